The lowest BCUT2D eigenvalue weighted by Crippen LogP contribution is -1.87. The van der Waals surface area contributed by atoms with Crippen molar-refractivity contribution < 1.29 is 8.83 Å². The van der Waals surface area contributed by atoms with Crippen LogP contribution in [-0.4, -0.2) is 5.88 Å². The van der Waals surface area contributed by atoms with Gasteiger partial charge in [0.25, 0.3) is 0 Å². The van der Waals surface area contributed by atoms with Crippen molar-refractivity contribution in [3.63, 3.8) is 0 Å². The zero-order valence-corrected chi connectivity index (χ0v) is 6.06. The molecule has 4 heteroatoms. The molecule has 0 radical (unpaired) electrons. The topological polar surface area (TPSA) is 43.4 Å². The molecule has 56 valence electrons. The summed E-state index contributed by atoms with van der Waals surface area (Å²) in [5.41, 5.74) is 0. The molecule has 0 saturated heterocycles. The Bertz CT molecular complexity index is 237. The van der Waals surface area contributed by atoms with Crippen LogP contribution in [0.4, 0.5) is 0 Å². The second-order valence-electron chi connectivity index (χ2n) is 1.85. The normalized spacial score (nSPS) is 10.1. The average molecular weight is 163 g/mol. The van der Waals surface area contributed by atoms with Gasteiger partial charge in [-0.1, -0.05) is 0 Å². The zero-order valence-electron chi connectivity index (χ0n) is 5.30. The van der Waals surface area contributed by atoms with Crippen LogP contribution in [0.5, 0.6) is 0 Å². The van der Waals surface area contributed by atoms with Crippen molar-refractivity contribution in [2.45, 2.75) is 12.8 Å². The first-order valence-corrected chi connectivity index (χ1v) is 3.50. The highest BCUT2D eigenvalue weighted by Gasteiger charge is 1.98. The molecule has 0 aromatic carbocycles. The molecule has 0 amide bonds. The molecule has 0 atom stereocenters. The summed E-state index contributed by atoms with van der Waals surface area (Å²) in [6.07, 6.45) is 2.77. The van der Waals surface area contributed by atoms with Gasteiger partial charge in [-0.05, 0) is 6.42 Å². The molecule has 0 aliphatic rings. The molecule has 0 N–H and O–H groups in total. The van der Waals surface area contributed by atoms with Crippen molar-refractivity contribution in [1.29, 1.82) is 0 Å². The Balaban J connectivity index is 2.50. The van der Waals surface area contributed by atoms with Crippen LogP contribution in [0, 0.1) is 0 Å². The van der Waals surface area contributed by atoms with Crippen LogP contribution in [0.1, 0.15) is 12.2 Å². The van der Waals surface area contributed by atoms with Crippen molar-refractivity contribution >= 4 is 11.6 Å². The highest BCUT2D eigenvalue weighted by atomic mass is 35.5. The molecule has 3 nitrogen and oxygen atoms in total. The molecule has 0 spiro atoms. The van der Waals surface area contributed by atoms with Gasteiger partial charge in [0, 0.05) is 12.3 Å². The highest BCUT2D eigenvalue weighted by Crippen LogP contribution is 2.00. The molecular formula is C6H7ClO3. The van der Waals surface area contributed by atoms with Gasteiger partial charge in [0.15, 0.2) is 0 Å². The van der Waals surface area contributed by atoms with E-state index in [-0.39, 0.29) is 0 Å². The minimum atomic E-state index is -0.649. The van der Waals surface area contributed by atoms with Crippen LogP contribution >= 0.6 is 11.6 Å². The number of halogens is 1. The Morgan fingerprint density at radius 1 is 1.60 bits per heavy atom. The Morgan fingerprint density at radius 3 is 2.90 bits per heavy atom. The van der Waals surface area contributed by atoms with Gasteiger partial charge in [0.1, 0.15) is 12.0 Å². The number of rotatable bonds is 3. The molecule has 0 saturated carbocycles. The molecule has 0 aliphatic carbocycles. The number of alkyl halides is 1. The summed E-state index contributed by atoms with van der Waals surface area (Å²) < 4.78 is 9.00. The van der Waals surface area contributed by atoms with E-state index in [2.05, 4.69) is 8.83 Å². The largest absolute Gasteiger partial charge is 0.518 e. The first-order chi connectivity index (χ1) is 4.83. The van der Waals surface area contributed by atoms with Gasteiger partial charge in [-0.3, -0.25) is 0 Å². The Labute approximate surface area is 62.6 Å². The number of aryl methyl sites for hydroxylation is 1. The number of hydrogen-bond donors (Lipinski definition) is 0. The molecule has 0 fully saturated rings. The Kier molecular flexibility index (Phi) is 2.57. The molecule has 1 heterocycles. The summed E-state index contributed by atoms with van der Waals surface area (Å²) in [6, 6.07) is 0. The third-order valence-electron chi connectivity index (χ3n) is 1.06. The lowest BCUT2D eigenvalue weighted by atomic mass is 10.3. The van der Waals surface area contributed by atoms with Crippen LogP contribution in [0.3, 0.4) is 0 Å². The SMILES string of the molecule is O=c1occ(CCCCl)o1. The van der Waals surface area contributed by atoms with E-state index >= 15 is 0 Å². The molecule has 0 unspecified atom stereocenters. The van der Waals surface area contributed by atoms with Crippen LogP contribution in [0.2, 0.25) is 0 Å². The van der Waals surface area contributed by atoms with Gasteiger partial charge in [0.05, 0.1) is 0 Å². The molecule has 1 aromatic rings. The molecule has 1 rings (SSSR count). The van der Waals surface area contributed by atoms with Crippen molar-refractivity contribution in [2.24, 2.45) is 0 Å². The maximum atomic E-state index is 10.3. The van der Waals surface area contributed by atoms with Crippen LogP contribution in [0.25, 0.3) is 0 Å². The van der Waals surface area contributed by atoms with Gasteiger partial charge >= 0.3 is 5.82 Å². The highest BCUT2D eigenvalue weighted by molar-refractivity contribution is 6.17. The van der Waals surface area contributed by atoms with E-state index in [1.807, 2.05) is 0 Å². The maximum Gasteiger partial charge on any atom is 0.518 e. The molecule has 1 aromatic heterocycles. The summed E-state index contributed by atoms with van der Waals surface area (Å²) in [4.78, 5) is 10.3. The molecular weight excluding hydrogens is 156 g/mol. The van der Waals surface area contributed by atoms with Gasteiger partial charge < -0.3 is 8.83 Å². The third kappa shape index (κ3) is 1.92. The number of hydrogen-bond acceptors (Lipinski definition) is 3. The lowest BCUT2D eigenvalue weighted by Gasteiger charge is -1.86. The van der Waals surface area contributed by atoms with E-state index in [9.17, 15) is 4.79 Å². The van der Waals surface area contributed by atoms with Crippen molar-refractivity contribution in [3.05, 3.63) is 22.6 Å². The van der Waals surface area contributed by atoms with Crippen LogP contribution < -0.4 is 5.82 Å². The fourth-order valence-corrected chi connectivity index (χ4v) is 0.754. The predicted octanol–water partition coefficient (Wildman–Crippen LogP) is 1.40. The molecule has 10 heavy (non-hydrogen) atoms. The zero-order chi connectivity index (χ0) is 7.40. The minimum absolute atomic E-state index is 0.561. The Hall–Kier alpha value is -0.700. The van der Waals surface area contributed by atoms with E-state index < -0.39 is 5.82 Å². The van der Waals surface area contributed by atoms with Gasteiger partial charge in [-0.25, -0.2) is 4.79 Å². The van der Waals surface area contributed by atoms with Crippen molar-refractivity contribution in [2.75, 3.05) is 5.88 Å². The maximum absolute atomic E-state index is 10.3. The molecule has 0 bridgehead atoms. The summed E-state index contributed by atoms with van der Waals surface area (Å²) in [5.74, 6) is 0.477. The lowest BCUT2D eigenvalue weighted by molar-refractivity contribution is 0.373. The summed E-state index contributed by atoms with van der Waals surface area (Å²) in [5, 5.41) is 0. The van der Waals surface area contributed by atoms with Crippen LogP contribution in [0.15, 0.2) is 19.9 Å². The fourth-order valence-electron chi connectivity index (χ4n) is 0.620. The minimum Gasteiger partial charge on any atom is -0.399 e. The van der Waals surface area contributed by atoms with Gasteiger partial charge in [-0.2, -0.15) is 0 Å². The summed E-state index contributed by atoms with van der Waals surface area (Å²) in [6.45, 7) is 0. The Morgan fingerprint density at radius 2 is 2.40 bits per heavy atom. The monoisotopic (exact) mass is 162 g/mol. The van der Waals surface area contributed by atoms with E-state index in [4.69, 9.17) is 11.6 Å². The second kappa shape index (κ2) is 3.46. The van der Waals surface area contributed by atoms with Gasteiger partial charge in [0.2, 0.25) is 0 Å². The van der Waals surface area contributed by atoms with E-state index in [0.717, 1.165) is 6.42 Å². The molecule has 0 aliphatic heterocycles. The summed E-state index contributed by atoms with van der Waals surface area (Å²) in [7, 11) is 0. The average Bonchev–Trinajstić information content (AvgIpc) is 2.31. The standard InChI is InChI=1S/C6H7ClO3/c7-3-1-2-5-4-9-6(8)10-5/h4H,1-3H2. The first kappa shape index (κ1) is 7.41. The van der Waals surface area contributed by atoms with Gasteiger partial charge in [-0.15, -0.1) is 11.6 Å². The summed E-state index contributed by atoms with van der Waals surface area (Å²) >= 11 is 5.41. The van der Waals surface area contributed by atoms with Crippen LogP contribution in [-0.2, 0) is 6.42 Å². The predicted molar refractivity (Wildman–Crippen MR) is 36.3 cm³/mol. The second-order valence-corrected chi connectivity index (χ2v) is 2.22. The van der Waals surface area contributed by atoms with E-state index in [1.54, 1.807) is 0 Å². The van der Waals surface area contributed by atoms with Crippen molar-refractivity contribution in [1.82, 2.24) is 0 Å². The van der Waals surface area contributed by atoms with E-state index in [1.165, 1.54) is 6.26 Å². The smallest absolute Gasteiger partial charge is 0.399 e. The first-order valence-electron chi connectivity index (χ1n) is 2.96. The third-order valence-corrected chi connectivity index (χ3v) is 1.33. The van der Waals surface area contributed by atoms with Crippen molar-refractivity contribution in [3.8, 4) is 0 Å². The van der Waals surface area contributed by atoms with E-state index in [0.29, 0.717) is 18.1 Å². The quantitative estimate of drug-likeness (QED) is 0.631. The fraction of sp³-hybridized carbons (Fsp3) is 0.500.